The molecule has 1 fully saturated rings. The molecule has 1 heterocycles. The van der Waals surface area contributed by atoms with E-state index in [9.17, 15) is 13.2 Å². The Morgan fingerprint density at radius 2 is 1.85 bits per heavy atom. The average molecular weight is 549 g/mol. The van der Waals surface area contributed by atoms with E-state index in [0.717, 1.165) is 36.9 Å². The zero-order chi connectivity index (χ0) is 18.3. The minimum atomic E-state index is -4.15. The molecule has 2 rings (SSSR count). The minimum Gasteiger partial charge on any atom is -0.356 e. The molecule has 1 aromatic carbocycles. The molecule has 9 heteroatoms. The van der Waals surface area contributed by atoms with Crippen molar-refractivity contribution in [1.82, 2.24) is 15.5 Å². The summed E-state index contributed by atoms with van der Waals surface area (Å²) in [5, 5.41) is 5.95. The molecule has 0 saturated carbocycles. The molecular weight excluding hydrogens is 524 g/mol. The molecule has 0 unspecified atom stereocenters. The highest BCUT2D eigenvalue weighted by Crippen LogP contribution is 2.18. The van der Waals surface area contributed by atoms with E-state index < -0.39 is 12.6 Å². The molecule has 0 radical (unpaired) electrons. The summed E-state index contributed by atoms with van der Waals surface area (Å²) in [6.07, 6.45) is -3.13. The van der Waals surface area contributed by atoms with Crippen LogP contribution in [0.4, 0.5) is 13.2 Å². The zero-order valence-electron chi connectivity index (χ0n) is 14.7. The number of nitrogens with one attached hydrogen (secondary N) is 2. The van der Waals surface area contributed by atoms with Crippen LogP contribution in [0.3, 0.4) is 0 Å². The van der Waals surface area contributed by atoms with Gasteiger partial charge >= 0.3 is 6.18 Å². The lowest BCUT2D eigenvalue weighted by Gasteiger charge is -2.33. The van der Waals surface area contributed by atoms with Gasteiger partial charge in [0.2, 0.25) is 0 Å². The van der Waals surface area contributed by atoms with Crippen molar-refractivity contribution >= 4 is 45.9 Å². The van der Waals surface area contributed by atoms with Crippen LogP contribution in [0.5, 0.6) is 0 Å². The second-order valence-corrected chi connectivity index (χ2v) is 7.10. The Morgan fingerprint density at radius 3 is 2.38 bits per heavy atom. The predicted octanol–water partition coefficient (Wildman–Crippen LogP) is 4.15. The molecule has 0 atom stereocenters. The van der Waals surface area contributed by atoms with E-state index in [2.05, 4.69) is 48.6 Å². The van der Waals surface area contributed by atoms with Crippen molar-refractivity contribution in [2.45, 2.75) is 38.0 Å². The summed E-state index contributed by atoms with van der Waals surface area (Å²) < 4.78 is 37.7. The molecule has 0 amide bonds. The number of rotatable bonds is 5. The van der Waals surface area contributed by atoms with Gasteiger partial charge in [0.05, 0.1) is 6.42 Å². The van der Waals surface area contributed by atoms with Gasteiger partial charge in [0.1, 0.15) is 0 Å². The summed E-state index contributed by atoms with van der Waals surface area (Å²) in [5.74, 6) is 0.440. The standard InChI is InChI=1S/C17H24BrF3N4.HI/c1-22-16(23-9-8-17(19,20)21)24-15-6-10-25(11-7-15)12-13-2-4-14(18)5-3-13;/h2-5,15H,6-12H2,1H3,(H2,22,23,24);1H. The normalized spacial score (nSPS) is 16.9. The number of hydrogen-bond acceptors (Lipinski definition) is 2. The SMILES string of the molecule is CN=C(NCCC(F)(F)F)NC1CCN(Cc2ccc(Br)cc2)CC1.I. The second-order valence-electron chi connectivity index (χ2n) is 6.19. The van der Waals surface area contributed by atoms with Crippen molar-refractivity contribution in [1.29, 1.82) is 0 Å². The number of halogens is 5. The van der Waals surface area contributed by atoms with Gasteiger partial charge < -0.3 is 10.6 Å². The topological polar surface area (TPSA) is 39.7 Å². The van der Waals surface area contributed by atoms with Crippen LogP contribution in [0.25, 0.3) is 0 Å². The number of aliphatic imine (C=N–C) groups is 1. The summed E-state index contributed by atoms with van der Waals surface area (Å²) in [4.78, 5) is 6.40. The fourth-order valence-corrected chi connectivity index (χ4v) is 3.06. The molecule has 2 N–H and O–H groups in total. The van der Waals surface area contributed by atoms with Crippen LogP contribution in [-0.4, -0.2) is 49.8 Å². The predicted molar refractivity (Wildman–Crippen MR) is 113 cm³/mol. The fraction of sp³-hybridized carbons (Fsp3) is 0.588. The van der Waals surface area contributed by atoms with Gasteiger partial charge in [0, 0.05) is 43.7 Å². The molecular formula is C17H25BrF3IN4. The van der Waals surface area contributed by atoms with E-state index in [-0.39, 0.29) is 36.6 Å². The summed E-state index contributed by atoms with van der Waals surface area (Å²) in [6.45, 7) is 2.66. The first-order valence-corrected chi connectivity index (χ1v) is 9.16. The van der Waals surface area contributed by atoms with Gasteiger partial charge in [0.25, 0.3) is 0 Å². The van der Waals surface area contributed by atoms with E-state index in [1.165, 1.54) is 5.56 Å². The first-order valence-electron chi connectivity index (χ1n) is 8.36. The molecule has 0 spiro atoms. The van der Waals surface area contributed by atoms with Crippen LogP contribution < -0.4 is 10.6 Å². The van der Waals surface area contributed by atoms with Gasteiger partial charge in [-0.05, 0) is 30.5 Å². The highest BCUT2D eigenvalue weighted by molar-refractivity contribution is 14.0. The summed E-state index contributed by atoms with van der Waals surface area (Å²) in [6, 6.07) is 8.54. The summed E-state index contributed by atoms with van der Waals surface area (Å²) in [5.41, 5.74) is 1.28. The lowest BCUT2D eigenvalue weighted by molar-refractivity contribution is -0.132. The maximum Gasteiger partial charge on any atom is 0.390 e. The lowest BCUT2D eigenvalue weighted by atomic mass is 10.0. The largest absolute Gasteiger partial charge is 0.390 e. The number of piperidine rings is 1. The second kappa shape index (κ2) is 11.3. The Hall–Kier alpha value is -0.550. The van der Waals surface area contributed by atoms with Crippen molar-refractivity contribution in [2.24, 2.45) is 4.99 Å². The minimum absolute atomic E-state index is 0. The summed E-state index contributed by atoms with van der Waals surface area (Å²) >= 11 is 3.44. The third-order valence-electron chi connectivity index (χ3n) is 4.17. The van der Waals surface area contributed by atoms with Crippen LogP contribution >= 0.6 is 39.9 Å². The van der Waals surface area contributed by atoms with E-state index >= 15 is 0 Å². The monoisotopic (exact) mass is 548 g/mol. The van der Waals surface area contributed by atoms with Gasteiger partial charge in [-0.25, -0.2) is 0 Å². The molecule has 4 nitrogen and oxygen atoms in total. The number of likely N-dealkylation sites (tertiary alicyclic amines) is 1. The zero-order valence-corrected chi connectivity index (χ0v) is 18.6. The third-order valence-corrected chi connectivity index (χ3v) is 4.70. The molecule has 1 aliphatic heterocycles. The highest BCUT2D eigenvalue weighted by atomic mass is 127. The van der Waals surface area contributed by atoms with Gasteiger partial charge in [-0.1, -0.05) is 28.1 Å². The quantitative estimate of drug-likeness (QED) is 0.330. The molecule has 1 aromatic rings. The number of benzene rings is 1. The van der Waals surface area contributed by atoms with Gasteiger partial charge in [-0.2, -0.15) is 13.2 Å². The van der Waals surface area contributed by atoms with Gasteiger partial charge in [-0.15, -0.1) is 24.0 Å². The fourth-order valence-electron chi connectivity index (χ4n) is 2.79. The molecule has 148 valence electrons. The molecule has 26 heavy (non-hydrogen) atoms. The van der Waals surface area contributed by atoms with Gasteiger partial charge in [0.15, 0.2) is 5.96 Å². The van der Waals surface area contributed by atoms with Crippen LogP contribution in [0, 0.1) is 0 Å². The third kappa shape index (κ3) is 8.90. The molecule has 1 saturated heterocycles. The first kappa shape index (κ1) is 23.5. The maximum absolute atomic E-state index is 12.2. The molecule has 0 bridgehead atoms. The number of guanidine groups is 1. The van der Waals surface area contributed by atoms with Crippen LogP contribution in [0.1, 0.15) is 24.8 Å². The van der Waals surface area contributed by atoms with E-state index in [4.69, 9.17) is 0 Å². The Balaban J connectivity index is 0.00000338. The molecule has 0 aromatic heterocycles. The molecule has 1 aliphatic rings. The highest BCUT2D eigenvalue weighted by Gasteiger charge is 2.26. The summed E-state index contributed by atoms with van der Waals surface area (Å²) in [7, 11) is 1.57. The van der Waals surface area contributed by atoms with Crippen LogP contribution in [0.2, 0.25) is 0 Å². The van der Waals surface area contributed by atoms with Crippen molar-refractivity contribution in [3.8, 4) is 0 Å². The average Bonchev–Trinajstić information content (AvgIpc) is 2.56. The van der Waals surface area contributed by atoms with E-state index in [1.54, 1.807) is 7.05 Å². The first-order chi connectivity index (χ1) is 11.9. The Morgan fingerprint density at radius 1 is 1.23 bits per heavy atom. The van der Waals surface area contributed by atoms with Crippen molar-refractivity contribution < 1.29 is 13.2 Å². The molecule has 0 aliphatic carbocycles. The van der Waals surface area contributed by atoms with Crippen LogP contribution in [-0.2, 0) is 6.54 Å². The van der Waals surface area contributed by atoms with E-state index in [0.29, 0.717) is 5.96 Å². The Labute approximate surface area is 178 Å². The number of hydrogen-bond donors (Lipinski definition) is 2. The van der Waals surface area contributed by atoms with Crippen molar-refractivity contribution in [3.05, 3.63) is 34.3 Å². The Bertz CT molecular complexity index is 558. The lowest BCUT2D eigenvalue weighted by Crippen LogP contribution is -2.48. The van der Waals surface area contributed by atoms with Crippen molar-refractivity contribution in [3.63, 3.8) is 0 Å². The van der Waals surface area contributed by atoms with E-state index in [1.807, 2.05) is 12.1 Å². The smallest absolute Gasteiger partial charge is 0.356 e. The maximum atomic E-state index is 12.2. The number of nitrogens with zero attached hydrogens (tertiary/aromatic N) is 2. The Kier molecular flexibility index (Phi) is 10.2. The van der Waals surface area contributed by atoms with Crippen molar-refractivity contribution in [2.75, 3.05) is 26.7 Å². The van der Waals surface area contributed by atoms with Gasteiger partial charge in [-0.3, -0.25) is 9.89 Å². The van der Waals surface area contributed by atoms with Crippen LogP contribution in [0.15, 0.2) is 33.7 Å². The number of alkyl halides is 3.